The zero-order valence-electron chi connectivity index (χ0n) is 7.79. The number of primary amides is 1. The lowest BCUT2D eigenvalue weighted by molar-refractivity contribution is -0.119. The van der Waals surface area contributed by atoms with E-state index in [1.165, 1.54) is 0 Å². The first kappa shape index (κ1) is 9.73. The number of H-pyrrole nitrogens is 1. The first-order chi connectivity index (χ1) is 6.09. The van der Waals surface area contributed by atoms with Gasteiger partial charge in [0.25, 0.3) is 0 Å². The Hall–Kier alpha value is -1.36. The van der Waals surface area contributed by atoms with E-state index in [0.29, 0.717) is 6.54 Å². The lowest BCUT2D eigenvalue weighted by Gasteiger charge is -2.07. The van der Waals surface area contributed by atoms with Crippen molar-refractivity contribution in [3.8, 4) is 0 Å². The minimum Gasteiger partial charge on any atom is -0.368 e. The zero-order valence-corrected chi connectivity index (χ0v) is 7.79. The Balaban J connectivity index is 2.39. The molecule has 1 unspecified atom stereocenters. The van der Waals surface area contributed by atoms with Crippen LogP contribution >= 0.6 is 0 Å². The van der Waals surface area contributed by atoms with Gasteiger partial charge in [0.1, 0.15) is 5.82 Å². The summed E-state index contributed by atoms with van der Waals surface area (Å²) < 4.78 is 0. The van der Waals surface area contributed by atoms with Crippen LogP contribution in [0.4, 0.5) is 0 Å². The van der Waals surface area contributed by atoms with Gasteiger partial charge >= 0.3 is 0 Å². The molecule has 0 aliphatic heterocycles. The molecular formula is C8H14N4O. The fourth-order valence-corrected chi connectivity index (χ4v) is 0.925. The third-order valence-corrected chi connectivity index (χ3v) is 1.78. The number of nitrogens with two attached hydrogens (primary N) is 1. The molecule has 1 heterocycles. The number of aryl methyl sites for hydroxylation is 1. The summed E-state index contributed by atoms with van der Waals surface area (Å²) >= 11 is 0. The molecule has 13 heavy (non-hydrogen) atoms. The molecule has 4 N–H and O–H groups in total. The van der Waals surface area contributed by atoms with E-state index in [1.54, 1.807) is 13.1 Å². The average molecular weight is 182 g/mol. The molecule has 1 rings (SSSR count). The molecule has 5 nitrogen and oxygen atoms in total. The number of amides is 1. The Morgan fingerprint density at radius 1 is 1.85 bits per heavy atom. The standard InChI is InChI=1S/C8H14N4O/c1-5(8(9)13)10-3-7-4-11-6(2)12-7/h4-5,10H,3H2,1-2H3,(H2,9,13)(H,11,12). The number of hydrogen-bond donors (Lipinski definition) is 3. The lowest BCUT2D eigenvalue weighted by Crippen LogP contribution is -2.38. The molecule has 0 radical (unpaired) electrons. The van der Waals surface area contributed by atoms with Gasteiger partial charge in [-0.25, -0.2) is 4.98 Å². The molecule has 0 spiro atoms. The Kier molecular flexibility index (Phi) is 3.02. The van der Waals surface area contributed by atoms with E-state index in [0.717, 1.165) is 11.5 Å². The Morgan fingerprint density at radius 3 is 3.00 bits per heavy atom. The van der Waals surface area contributed by atoms with Crippen molar-refractivity contribution in [2.75, 3.05) is 0 Å². The molecule has 0 saturated carbocycles. The summed E-state index contributed by atoms with van der Waals surface area (Å²) in [6, 6.07) is -0.316. The number of nitrogens with zero attached hydrogens (tertiary/aromatic N) is 1. The molecule has 0 fully saturated rings. The van der Waals surface area contributed by atoms with Crippen molar-refractivity contribution in [3.05, 3.63) is 17.7 Å². The molecule has 5 heteroatoms. The number of carbonyl (C=O) groups excluding carboxylic acids is 1. The number of rotatable bonds is 4. The Bertz CT molecular complexity index is 294. The van der Waals surface area contributed by atoms with Crippen molar-refractivity contribution in [2.24, 2.45) is 5.73 Å². The zero-order chi connectivity index (χ0) is 9.84. The van der Waals surface area contributed by atoms with Gasteiger partial charge in [-0.1, -0.05) is 0 Å². The van der Waals surface area contributed by atoms with E-state index < -0.39 is 0 Å². The van der Waals surface area contributed by atoms with Gasteiger partial charge in [0.15, 0.2) is 0 Å². The van der Waals surface area contributed by atoms with Crippen molar-refractivity contribution < 1.29 is 4.79 Å². The van der Waals surface area contributed by atoms with E-state index in [9.17, 15) is 4.79 Å². The molecule has 0 aliphatic carbocycles. The smallest absolute Gasteiger partial charge is 0.234 e. The highest BCUT2D eigenvalue weighted by Gasteiger charge is 2.07. The molecule has 1 amide bonds. The maximum absolute atomic E-state index is 10.7. The van der Waals surface area contributed by atoms with Crippen LogP contribution in [0.5, 0.6) is 0 Å². The van der Waals surface area contributed by atoms with Crippen LogP contribution < -0.4 is 11.1 Å². The number of aromatic amines is 1. The van der Waals surface area contributed by atoms with Crippen LogP contribution in [-0.2, 0) is 11.3 Å². The van der Waals surface area contributed by atoms with Gasteiger partial charge in [-0.05, 0) is 13.8 Å². The highest BCUT2D eigenvalue weighted by Crippen LogP contribution is 1.95. The van der Waals surface area contributed by atoms with Crippen molar-refractivity contribution >= 4 is 5.91 Å². The van der Waals surface area contributed by atoms with Crippen LogP contribution in [-0.4, -0.2) is 21.9 Å². The van der Waals surface area contributed by atoms with Crippen LogP contribution in [0.1, 0.15) is 18.4 Å². The molecule has 0 bridgehead atoms. The second-order valence-corrected chi connectivity index (χ2v) is 3.00. The fourth-order valence-electron chi connectivity index (χ4n) is 0.925. The molecule has 1 aromatic rings. The third-order valence-electron chi connectivity index (χ3n) is 1.78. The molecule has 0 aliphatic rings. The minimum atomic E-state index is -0.351. The highest BCUT2D eigenvalue weighted by molar-refractivity contribution is 5.79. The predicted molar refractivity (Wildman–Crippen MR) is 48.8 cm³/mol. The average Bonchev–Trinajstić information content (AvgIpc) is 2.47. The van der Waals surface area contributed by atoms with Crippen LogP contribution in [0, 0.1) is 6.92 Å². The van der Waals surface area contributed by atoms with Crippen LogP contribution in [0.25, 0.3) is 0 Å². The first-order valence-corrected chi connectivity index (χ1v) is 4.13. The van der Waals surface area contributed by atoms with Gasteiger partial charge in [-0.3, -0.25) is 4.79 Å². The van der Waals surface area contributed by atoms with Gasteiger partial charge in [0.2, 0.25) is 5.91 Å². The van der Waals surface area contributed by atoms with E-state index in [4.69, 9.17) is 5.73 Å². The summed E-state index contributed by atoms with van der Waals surface area (Å²) in [4.78, 5) is 17.7. The fraction of sp³-hybridized carbons (Fsp3) is 0.500. The summed E-state index contributed by atoms with van der Waals surface area (Å²) in [5.41, 5.74) is 6.03. The molecule has 1 aromatic heterocycles. The van der Waals surface area contributed by atoms with Gasteiger partial charge in [-0.15, -0.1) is 0 Å². The van der Waals surface area contributed by atoms with E-state index in [2.05, 4.69) is 15.3 Å². The molecule has 0 saturated heterocycles. The van der Waals surface area contributed by atoms with Gasteiger partial charge in [-0.2, -0.15) is 0 Å². The first-order valence-electron chi connectivity index (χ1n) is 4.13. The number of imidazole rings is 1. The number of nitrogens with one attached hydrogen (secondary N) is 2. The normalized spacial score (nSPS) is 12.8. The van der Waals surface area contributed by atoms with Crippen molar-refractivity contribution in [3.63, 3.8) is 0 Å². The predicted octanol–water partition coefficient (Wildman–Crippen LogP) is -0.318. The van der Waals surface area contributed by atoms with Crippen molar-refractivity contribution in [1.82, 2.24) is 15.3 Å². The van der Waals surface area contributed by atoms with Crippen molar-refractivity contribution in [1.29, 1.82) is 0 Å². The summed E-state index contributed by atoms with van der Waals surface area (Å²) in [6.07, 6.45) is 1.73. The largest absolute Gasteiger partial charge is 0.368 e. The topological polar surface area (TPSA) is 83.8 Å². The van der Waals surface area contributed by atoms with Gasteiger partial charge in [0, 0.05) is 18.4 Å². The molecule has 72 valence electrons. The second-order valence-electron chi connectivity index (χ2n) is 3.00. The van der Waals surface area contributed by atoms with Crippen molar-refractivity contribution in [2.45, 2.75) is 26.4 Å². The third kappa shape index (κ3) is 2.87. The molecule has 0 aromatic carbocycles. The summed E-state index contributed by atoms with van der Waals surface area (Å²) in [6.45, 7) is 4.18. The minimum absolute atomic E-state index is 0.316. The van der Waals surface area contributed by atoms with Crippen LogP contribution in [0.3, 0.4) is 0 Å². The number of carbonyl (C=O) groups is 1. The molecular weight excluding hydrogens is 168 g/mol. The van der Waals surface area contributed by atoms with E-state index in [1.807, 2.05) is 6.92 Å². The highest BCUT2D eigenvalue weighted by atomic mass is 16.1. The van der Waals surface area contributed by atoms with E-state index >= 15 is 0 Å². The monoisotopic (exact) mass is 182 g/mol. The summed E-state index contributed by atoms with van der Waals surface area (Å²) in [5.74, 6) is 0.514. The number of aromatic nitrogens is 2. The van der Waals surface area contributed by atoms with Gasteiger partial charge in [0.05, 0.1) is 6.04 Å². The maximum Gasteiger partial charge on any atom is 0.234 e. The van der Waals surface area contributed by atoms with Gasteiger partial charge < -0.3 is 16.0 Å². The number of hydrogen-bond acceptors (Lipinski definition) is 3. The summed E-state index contributed by atoms with van der Waals surface area (Å²) in [5, 5.41) is 2.97. The Morgan fingerprint density at radius 2 is 2.54 bits per heavy atom. The Labute approximate surface area is 76.7 Å². The quantitative estimate of drug-likeness (QED) is 0.596. The maximum atomic E-state index is 10.7. The SMILES string of the molecule is Cc1ncc(CNC(C)C(N)=O)[nH]1. The lowest BCUT2D eigenvalue weighted by atomic mass is 10.3. The van der Waals surface area contributed by atoms with E-state index in [-0.39, 0.29) is 11.9 Å². The second kappa shape index (κ2) is 4.04. The molecule has 1 atom stereocenters. The van der Waals surface area contributed by atoms with Crippen LogP contribution in [0.15, 0.2) is 6.20 Å². The van der Waals surface area contributed by atoms with Crippen LogP contribution in [0.2, 0.25) is 0 Å². The summed E-state index contributed by atoms with van der Waals surface area (Å²) in [7, 11) is 0.